The maximum Gasteiger partial charge on any atom is 0.417 e. The molecule has 0 bridgehead atoms. The van der Waals surface area contributed by atoms with Gasteiger partial charge in [-0.3, -0.25) is 57.5 Å². The molecule has 0 aromatic heterocycles. The molecule has 0 unspecified atom stereocenters. The van der Waals surface area contributed by atoms with Crippen molar-refractivity contribution in [3.63, 3.8) is 0 Å². The number of nitrogens with zero attached hydrogens (tertiary/aromatic N) is 9. The lowest BCUT2D eigenvalue weighted by Crippen LogP contribution is -2.65. The van der Waals surface area contributed by atoms with Gasteiger partial charge in [0.1, 0.15) is 47.8 Å². The van der Waals surface area contributed by atoms with Crippen LogP contribution in [0.15, 0.2) is 42.5 Å². The number of aryl methyl sites for hydroxylation is 2. The van der Waals surface area contributed by atoms with Crippen molar-refractivity contribution in [2.75, 3.05) is 102 Å². The minimum Gasteiger partial charge on any atom is -0.378 e. The predicted molar refractivity (Wildman–Crippen MR) is 370 cm³/mol. The minimum atomic E-state index is -4.77. The highest BCUT2D eigenvalue weighted by molar-refractivity contribution is 6.31. The Kier molecular flexibility index (Phi) is 28.5. The van der Waals surface area contributed by atoms with Crippen molar-refractivity contribution in [3.05, 3.63) is 69.7 Å². The number of rotatable bonds is 11. The number of likely N-dealkylation sites (N-methyl/N-ethyl adjacent to an activating group) is 7. The number of halogens is 4. The lowest BCUT2D eigenvalue weighted by atomic mass is 9.81. The van der Waals surface area contributed by atoms with Gasteiger partial charge in [-0.2, -0.15) is 13.2 Å². The SMILES string of the molecule is CCC[C@H]1C(=O)N[C@@H]([C@@H](C)CC)C(=O)N(C)CC(=O)N(C)CC(=O)N(C)[C@@H](Cc2ccc(C)cc2)C(=O)N(C)CC(=O)N[C@@H](CCc2ccc(C(F)(F)F)c(Cl)c2)C(=O)N2CCC[C@H]2C(=O)NC2(CCCC2)C(=O)N(C)[C@@H](C2CCCCC2)C(=O)N(C)[C@H](C(=O)N2CCOCC2)CC(=O)N1C. The van der Waals surface area contributed by atoms with E-state index in [0.717, 1.165) is 56.6 Å². The number of alkyl halides is 3. The summed E-state index contributed by atoms with van der Waals surface area (Å²) in [5.41, 5.74) is -0.844. The fraction of sp³-hybridized carbons (Fsp3) is 0.667. The van der Waals surface area contributed by atoms with Crippen molar-refractivity contribution < 1.29 is 75.4 Å². The molecule has 0 radical (unpaired) electrons. The molecule has 29 heteroatoms. The van der Waals surface area contributed by atoms with Gasteiger partial charge >= 0.3 is 6.18 Å². The number of carbonyl (C=O) groups excluding carboxylic acids is 12. The summed E-state index contributed by atoms with van der Waals surface area (Å²) in [7, 11) is 9.75. The van der Waals surface area contributed by atoms with Crippen LogP contribution in [0.2, 0.25) is 5.02 Å². The van der Waals surface area contributed by atoms with E-state index in [0.29, 0.717) is 50.5 Å². The number of hydrogen-bond acceptors (Lipinski definition) is 13. The molecule has 2 aromatic carbocycles. The van der Waals surface area contributed by atoms with E-state index in [1.807, 2.05) is 32.9 Å². The molecule has 25 nitrogen and oxygen atoms in total. The zero-order valence-corrected chi connectivity index (χ0v) is 61.2. The van der Waals surface area contributed by atoms with Crippen molar-refractivity contribution in [3.8, 4) is 0 Å². The molecule has 2 saturated carbocycles. The van der Waals surface area contributed by atoms with Crippen molar-refractivity contribution >= 4 is 82.5 Å². The van der Waals surface area contributed by atoms with Gasteiger partial charge < -0.3 is 64.8 Å². The summed E-state index contributed by atoms with van der Waals surface area (Å²) in [5, 5.41) is 8.08. The summed E-state index contributed by atoms with van der Waals surface area (Å²) < 4.78 is 47.2. The van der Waals surface area contributed by atoms with Gasteiger partial charge in [0, 0.05) is 75.4 Å². The van der Waals surface area contributed by atoms with E-state index >= 15 is 24.0 Å². The number of carbonyl (C=O) groups is 12. The third-order valence-electron chi connectivity index (χ3n) is 21.1. The van der Waals surface area contributed by atoms with Crippen LogP contribution in [-0.4, -0.2) is 265 Å². The van der Waals surface area contributed by atoms with Gasteiger partial charge in [0.05, 0.1) is 49.9 Å². The Morgan fingerprint density at radius 1 is 0.644 bits per heavy atom. The Hall–Kier alpha value is -7.88. The largest absolute Gasteiger partial charge is 0.417 e. The molecule has 5 aliphatic rings. The second-order valence-corrected chi connectivity index (χ2v) is 28.7. The Labute approximate surface area is 596 Å². The molecule has 101 heavy (non-hydrogen) atoms. The Morgan fingerprint density at radius 3 is 1.87 bits per heavy atom. The molecule has 558 valence electrons. The maximum absolute atomic E-state index is 15.8. The van der Waals surface area contributed by atoms with Crippen LogP contribution in [0.1, 0.15) is 146 Å². The molecule has 7 rings (SSSR count). The van der Waals surface area contributed by atoms with Crippen LogP contribution in [0.3, 0.4) is 0 Å². The van der Waals surface area contributed by atoms with Crippen molar-refractivity contribution in [1.82, 2.24) is 60.0 Å². The number of hydrogen-bond donors (Lipinski definition) is 3. The first-order valence-corrected chi connectivity index (χ1v) is 35.9. The van der Waals surface area contributed by atoms with Crippen LogP contribution in [0.25, 0.3) is 0 Å². The highest BCUT2D eigenvalue weighted by atomic mass is 35.5. The van der Waals surface area contributed by atoms with Gasteiger partial charge in [0.25, 0.3) is 0 Å². The molecule has 2 aliphatic carbocycles. The molecule has 3 saturated heterocycles. The summed E-state index contributed by atoms with van der Waals surface area (Å²) in [6.45, 7) is 6.13. The van der Waals surface area contributed by atoms with Gasteiger partial charge in [-0.15, -0.1) is 0 Å². The first-order valence-electron chi connectivity index (χ1n) is 35.5. The molecular weight excluding hydrogens is 1330 g/mol. The molecule has 8 atom stereocenters. The van der Waals surface area contributed by atoms with Gasteiger partial charge in [-0.1, -0.05) is 113 Å². The van der Waals surface area contributed by atoms with Gasteiger partial charge in [0.2, 0.25) is 70.9 Å². The molecule has 2 aromatic rings. The van der Waals surface area contributed by atoms with E-state index < -0.39 is 173 Å². The minimum absolute atomic E-state index is 0.0175. The number of nitrogens with one attached hydrogen (secondary N) is 3. The molecular formula is C72H104ClF3N12O13. The fourth-order valence-electron chi connectivity index (χ4n) is 14.6. The number of ether oxygens (including phenoxy) is 1. The summed E-state index contributed by atoms with van der Waals surface area (Å²) >= 11 is 6.15. The third kappa shape index (κ3) is 20.1. The molecule has 1 spiro atoms. The fourth-order valence-corrected chi connectivity index (χ4v) is 14.9. The first kappa shape index (κ1) is 80.4. The summed E-state index contributed by atoms with van der Waals surface area (Å²) in [6.07, 6.45) is 0.301. The molecule has 3 N–H and O–H groups in total. The average Bonchev–Trinajstić information content (AvgIpc) is 1.75. The lowest BCUT2D eigenvalue weighted by molar-refractivity contribution is -0.158. The van der Waals surface area contributed by atoms with E-state index in [1.165, 1.54) is 79.9 Å². The molecule has 5 fully saturated rings. The number of morpholine rings is 1. The highest BCUT2D eigenvalue weighted by Gasteiger charge is 2.51. The van der Waals surface area contributed by atoms with Crippen molar-refractivity contribution in [1.29, 1.82) is 0 Å². The molecule has 3 heterocycles. The van der Waals surface area contributed by atoms with Crippen LogP contribution in [0.4, 0.5) is 13.2 Å². The Morgan fingerprint density at radius 2 is 1.26 bits per heavy atom. The van der Waals surface area contributed by atoms with E-state index in [4.69, 9.17) is 16.3 Å². The third-order valence-corrected chi connectivity index (χ3v) is 21.5. The predicted octanol–water partition coefficient (Wildman–Crippen LogP) is 4.60. The Bertz CT molecular complexity index is 3330. The zero-order chi connectivity index (χ0) is 74.4. The standard InChI is InChI=1S/C72H104ClF3N12O13/c1-12-20-53-63(93)78-61(46(4)13-2)68(98)82(7)43-59(91)80(5)44-60(92)84(9)55(40-48-26-24-45(3)25-27-48)66(96)81(6)42-57(89)77-52(31-29-47-28-30-50(51(73)39-47)72(74,75)76)65(95)88-34-19-23-54(88)64(94)79-71(32-17-18-33-71)70(100)86(11)62(49-21-15-14-16-22-49)69(99)85(10)56(41-58(90)83(53)8)67(97)87-35-37-101-38-36-87/h24-28,30,39,46,49,52-56,61-62H,12-23,29,31-38,40-44H2,1-11H3,(H,77,89)(H,78,93)(H,79,94)/t46-,52-,53-,54-,55-,56-,61-,62-/m0/s1. The van der Waals surface area contributed by atoms with Crippen molar-refractivity contribution in [2.45, 2.75) is 197 Å². The van der Waals surface area contributed by atoms with Gasteiger partial charge in [-0.25, -0.2) is 0 Å². The van der Waals surface area contributed by atoms with Gasteiger partial charge in [-0.05, 0) is 99.8 Å². The van der Waals surface area contributed by atoms with Crippen LogP contribution in [0, 0.1) is 18.8 Å². The first-order chi connectivity index (χ1) is 47.7. The van der Waals surface area contributed by atoms with E-state index in [1.54, 1.807) is 19.1 Å². The number of fused-ring (bicyclic) bond motifs is 1. The summed E-state index contributed by atoms with van der Waals surface area (Å²) in [4.78, 5) is 190. The van der Waals surface area contributed by atoms with E-state index in [-0.39, 0.29) is 83.4 Å². The smallest absolute Gasteiger partial charge is 0.378 e. The molecule has 3 aliphatic heterocycles. The van der Waals surface area contributed by atoms with E-state index in [2.05, 4.69) is 16.0 Å². The highest BCUT2D eigenvalue weighted by Crippen LogP contribution is 2.38. The topological polar surface area (TPSA) is 279 Å². The van der Waals surface area contributed by atoms with Crippen LogP contribution in [0.5, 0.6) is 0 Å². The normalized spacial score (nSPS) is 25.6. The molecule has 12 amide bonds. The number of benzene rings is 2. The maximum atomic E-state index is 15.8. The summed E-state index contributed by atoms with van der Waals surface area (Å²) in [5.74, 6) is -9.10. The van der Waals surface area contributed by atoms with Crippen LogP contribution < -0.4 is 16.0 Å². The zero-order valence-electron chi connectivity index (χ0n) is 60.5. The Balaban J connectivity index is 1.29. The monoisotopic (exact) mass is 1440 g/mol. The van der Waals surface area contributed by atoms with Gasteiger partial charge in [0.15, 0.2) is 0 Å². The van der Waals surface area contributed by atoms with Crippen molar-refractivity contribution in [2.24, 2.45) is 11.8 Å². The average molecular weight is 1440 g/mol. The van der Waals surface area contributed by atoms with Crippen LogP contribution in [-0.2, 0) is 81.3 Å². The summed E-state index contributed by atoms with van der Waals surface area (Å²) in [6, 6.07) is 1.30. The second-order valence-electron chi connectivity index (χ2n) is 28.3. The second kappa shape index (κ2) is 35.8. The van der Waals surface area contributed by atoms with Crippen LogP contribution >= 0.6 is 11.6 Å². The van der Waals surface area contributed by atoms with E-state index in [9.17, 15) is 46.7 Å². The lowest BCUT2D eigenvalue weighted by Gasteiger charge is -2.43. The quantitative estimate of drug-likeness (QED) is 0.278. The number of amides is 12.